The first-order valence-corrected chi connectivity index (χ1v) is 9.08. The smallest absolute Gasteiger partial charge is 0.279 e. The number of anilines is 1. The number of amides is 1. The molecule has 3 aromatic rings. The number of nitrogens with one attached hydrogen (secondary N) is 1. The van der Waals surface area contributed by atoms with Crippen LogP contribution in [0.2, 0.25) is 0 Å². The Balaban J connectivity index is 1.52. The molecule has 7 heteroatoms. The molecule has 2 heterocycles. The lowest BCUT2D eigenvalue weighted by molar-refractivity contribution is 0.101. The van der Waals surface area contributed by atoms with Gasteiger partial charge in [-0.2, -0.15) is 5.10 Å². The van der Waals surface area contributed by atoms with Crippen LogP contribution in [-0.2, 0) is 19.4 Å². The number of hydrogen-bond donors (Lipinski definition) is 1. The van der Waals surface area contributed by atoms with E-state index in [-0.39, 0.29) is 11.7 Å². The van der Waals surface area contributed by atoms with Crippen molar-refractivity contribution in [3.8, 4) is 0 Å². The molecule has 0 fully saturated rings. The molecule has 1 aromatic carbocycles. The van der Waals surface area contributed by atoms with Crippen LogP contribution in [0.3, 0.4) is 0 Å². The zero-order valence-corrected chi connectivity index (χ0v) is 15.3. The molecule has 0 saturated carbocycles. The number of carbonyl (C=O) groups is 1. The van der Waals surface area contributed by atoms with E-state index in [2.05, 4.69) is 22.5 Å². The van der Waals surface area contributed by atoms with Crippen molar-refractivity contribution < 1.29 is 13.7 Å². The zero-order chi connectivity index (χ0) is 19.0. The summed E-state index contributed by atoms with van der Waals surface area (Å²) in [6.45, 7) is 4.32. The van der Waals surface area contributed by atoms with Crippen molar-refractivity contribution in [1.29, 1.82) is 0 Å². The van der Waals surface area contributed by atoms with E-state index in [0.29, 0.717) is 29.5 Å². The molecule has 0 aliphatic heterocycles. The number of hydrogen-bond acceptors (Lipinski definition) is 4. The first kappa shape index (κ1) is 17.5. The van der Waals surface area contributed by atoms with Crippen LogP contribution in [0.25, 0.3) is 0 Å². The SMILES string of the molecule is Cc1cc(NC(=O)c2noc3c2CC(C)CC3)nn1Cc1ccccc1F. The van der Waals surface area contributed by atoms with Crippen molar-refractivity contribution in [3.63, 3.8) is 0 Å². The molecule has 1 amide bonds. The van der Waals surface area contributed by atoms with E-state index in [1.807, 2.05) is 6.92 Å². The Morgan fingerprint density at radius 1 is 1.41 bits per heavy atom. The van der Waals surface area contributed by atoms with Crippen LogP contribution in [0.1, 0.15) is 46.4 Å². The van der Waals surface area contributed by atoms with Gasteiger partial charge in [0.15, 0.2) is 11.5 Å². The van der Waals surface area contributed by atoms with Crippen molar-refractivity contribution >= 4 is 11.7 Å². The third-order valence-corrected chi connectivity index (χ3v) is 5.00. The van der Waals surface area contributed by atoms with Gasteiger partial charge in [0.1, 0.15) is 11.6 Å². The van der Waals surface area contributed by atoms with E-state index >= 15 is 0 Å². The average Bonchev–Trinajstić information content (AvgIpc) is 3.20. The van der Waals surface area contributed by atoms with Gasteiger partial charge in [0.2, 0.25) is 0 Å². The van der Waals surface area contributed by atoms with Crippen molar-refractivity contribution in [2.24, 2.45) is 5.92 Å². The summed E-state index contributed by atoms with van der Waals surface area (Å²) < 4.78 is 20.9. The Labute approximate surface area is 156 Å². The minimum absolute atomic E-state index is 0.277. The molecule has 0 bridgehead atoms. The molecule has 1 aliphatic rings. The van der Waals surface area contributed by atoms with Gasteiger partial charge in [-0.3, -0.25) is 9.48 Å². The lowest BCUT2D eigenvalue weighted by atomic mass is 9.88. The molecule has 6 nitrogen and oxygen atoms in total. The maximum atomic E-state index is 13.9. The average molecular weight is 368 g/mol. The predicted octanol–water partition coefficient (Wildman–Crippen LogP) is 3.74. The largest absolute Gasteiger partial charge is 0.360 e. The standard InChI is InChI=1S/C20H21FN4O2/c1-12-7-8-17-15(9-12)19(24-27-17)20(26)22-18-10-13(2)25(23-18)11-14-5-3-4-6-16(14)21/h3-6,10,12H,7-9,11H2,1-2H3,(H,22,23,26). The van der Waals surface area contributed by atoms with E-state index in [9.17, 15) is 9.18 Å². The van der Waals surface area contributed by atoms with Crippen LogP contribution in [0, 0.1) is 18.7 Å². The molecule has 140 valence electrons. The van der Waals surface area contributed by atoms with Crippen LogP contribution in [0.15, 0.2) is 34.9 Å². The number of halogens is 1. The van der Waals surface area contributed by atoms with Gasteiger partial charge in [-0.1, -0.05) is 30.3 Å². The molecule has 1 unspecified atom stereocenters. The normalized spacial score (nSPS) is 16.2. The van der Waals surface area contributed by atoms with Gasteiger partial charge >= 0.3 is 0 Å². The molecule has 0 saturated heterocycles. The van der Waals surface area contributed by atoms with E-state index in [0.717, 1.165) is 36.3 Å². The summed E-state index contributed by atoms with van der Waals surface area (Å²) in [7, 11) is 0. The monoisotopic (exact) mass is 368 g/mol. The molecule has 4 rings (SSSR count). The predicted molar refractivity (Wildman–Crippen MR) is 98.1 cm³/mol. The number of nitrogens with zero attached hydrogens (tertiary/aromatic N) is 3. The zero-order valence-electron chi connectivity index (χ0n) is 15.3. The van der Waals surface area contributed by atoms with E-state index in [4.69, 9.17) is 4.52 Å². The van der Waals surface area contributed by atoms with Crippen LogP contribution >= 0.6 is 0 Å². The fourth-order valence-corrected chi connectivity index (χ4v) is 3.45. The molecule has 2 aromatic heterocycles. The number of rotatable bonds is 4. The first-order valence-electron chi connectivity index (χ1n) is 9.08. The summed E-state index contributed by atoms with van der Waals surface area (Å²) in [5, 5.41) is 11.1. The molecule has 0 radical (unpaired) electrons. The third kappa shape index (κ3) is 3.49. The fraction of sp³-hybridized carbons (Fsp3) is 0.350. The minimum atomic E-state index is -0.329. The summed E-state index contributed by atoms with van der Waals surface area (Å²) >= 11 is 0. The summed E-state index contributed by atoms with van der Waals surface area (Å²) in [5.74, 6) is 1.12. The Bertz CT molecular complexity index is 992. The van der Waals surface area contributed by atoms with Crippen LogP contribution < -0.4 is 5.32 Å². The summed E-state index contributed by atoms with van der Waals surface area (Å²) in [5.41, 5.74) is 2.59. The Morgan fingerprint density at radius 3 is 3.04 bits per heavy atom. The maximum absolute atomic E-state index is 13.9. The molecular formula is C20H21FN4O2. The van der Waals surface area contributed by atoms with E-state index < -0.39 is 0 Å². The highest BCUT2D eigenvalue weighted by atomic mass is 19.1. The van der Waals surface area contributed by atoms with Gasteiger partial charge in [-0.15, -0.1) is 0 Å². The topological polar surface area (TPSA) is 73.0 Å². The summed E-state index contributed by atoms with van der Waals surface area (Å²) in [6.07, 6.45) is 2.65. The number of fused-ring (bicyclic) bond motifs is 1. The Hall–Kier alpha value is -2.96. The molecule has 1 aliphatic carbocycles. The van der Waals surface area contributed by atoms with Gasteiger partial charge < -0.3 is 9.84 Å². The van der Waals surface area contributed by atoms with Gasteiger partial charge in [0.05, 0.1) is 6.54 Å². The highest BCUT2D eigenvalue weighted by molar-refractivity contribution is 6.03. The van der Waals surface area contributed by atoms with Gasteiger partial charge in [0.25, 0.3) is 5.91 Å². The second-order valence-corrected chi connectivity index (χ2v) is 7.16. The van der Waals surface area contributed by atoms with Crippen LogP contribution in [-0.4, -0.2) is 20.8 Å². The minimum Gasteiger partial charge on any atom is -0.360 e. The quantitative estimate of drug-likeness (QED) is 0.761. The highest BCUT2D eigenvalue weighted by Crippen LogP contribution is 2.28. The van der Waals surface area contributed by atoms with Crippen molar-refractivity contribution in [3.05, 3.63) is 64.4 Å². The summed E-state index contributed by atoms with van der Waals surface area (Å²) in [4.78, 5) is 12.6. The second-order valence-electron chi connectivity index (χ2n) is 7.16. The number of carbonyl (C=O) groups excluding carboxylic acids is 1. The Kier molecular flexibility index (Phi) is 4.51. The number of aromatic nitrogens is 3. The first-order chi connectivity index (χ1) is 13.0. The van der Waals surface area contributed by atoms with Gasteiger partial charge in [-0.25, -0.2) is 4.39 Å². The molecule has 0 spiro atoms. The molecule has 1 N–H and O–H groups in total. The van der Waals surface area contributed by atoms with Crippen molar-refractivity contribution in [2.75, 3.05) is 5.32 Å². The number of benzene rings is 1. The lowest BCUT2D eigenvalue weighted by Gasteiger charge is -2.16. The van der Waals surface area contributed by atoms with Crippen LogP contribution in [0.5, 0.6) is 0 Å². The molecule has 27 heavy (non-hydrogen) atoms. The van der Waals surface area contributed by atoms with Crippen molar-refractivity contribution in [2.45, 2.75) is 39.7 Å². The molecule has 1 atom stereocenters. The maximum Gasteiger partial charge on any atom is 0.279 e. The van der Waals surface area contributed by atoms with Gasteiger partial charge in [0, 0.05) is 29.3 Å². The number of aryl methyl sites for hydroxylation is 2. The summed E-state index contributed by atoms with van der Waals surface area (Å²) in [6, 6.07) is 8.34. The fourth-order valence-electron chi connectivity index (χ4n) is 3.45. The second kappa shape index (κ2) is 6.98. The Morgan fingerprint density at radius 2 is 2.22 bits per heavy atom. The van der Waals surface area contributed by atoms with Crippen LogP contribution in [0.4, 0.5) is 10.2 Å². The highest BCUT2D eigenvalue weighted by Gasteiger charge is 2.27. The lowest BCUT2D eigenvalue weighted by Crippen LogP contribution is -2.18. The van der Waals surface area contributed by atoms with Crippen molar-refractivity contribution in [1.82, 2.24) is 14.9 Å². The molecular weight excluding hydrogens is 347 g/mol. The van der Waals surface area contributed by atoms with E-state index in [1.54, 1.807) is 28.9 Å². The third-order valence-electron chi connectivity index (χ3n) is 5.00. The van der Waals surface area contributed by atoms with E-state index in [1.165, 1.54) is 6.07 Å². The van der Waals surface area contributed by atoms with Gasteiger partial charge in [-0.05, 0) is 31.7 Å².